The molecule has 0 amide bonds. The second-order valence-corrected chi connectivity index (χ2v) is 17.5. The van der Waals surface area contributed by atoms with Gasteiger partial charge in [0.05, 0.1) is 16.9 Å². The molecule has 1 atom stereocenters. The van der Waals surface area contributed by atoms with E-state index < -0.39 is 29.3 Å². The van der Waals surface area contributed by atoms with Crippen LogP contribution in [0.4, 0.5) is 11.4 Å². The number of para-hydroxylation sites is 1. The molecule has 0 bridgehead atoms. The molecule has 2 heterocycles. The number of fused-ring (bicyclic) bond motifs is 2. The summed E-state index contributed by atoms with van der Waals surface area (Å²) in [6, 6.07) is 52.7. The molecule has 2 aliphatic rings. The van der Waals surface area contributed by atoms with E-state index in [1.54, 1.807) is 6.07 Å². The zero-order chi connectivity index (χ0) is 38.0. The predicted molar refractivity (Wildman–Crippen MR) is 220 cm³/mol. The van der Waals surface area contributed by atoms with E-state index in [9.17, 15) is 14.9 Å². The van der Waals surface area contributed by atoms with Gasteiger partial charge in [0.1, 0.15) is 46.6 Å². The third-order valence-corrected chi connectivity index (χ3v) is 15.0. The van der Waals surface area contributed by atoms with Crippen molar-refractivity contribution in [2.45, 2.75) is 25.0 Å². The fourth-order valence-corrected chi connectivity index (χ4v) is 12.3. The summed E-state index contributed by atoms with van der Waals surface area (Å²) in [4.78, 5) is 26.2. The lowest BCUT2D eigenvalue weighted by Crippen LogP contribution is -2.60. The number of carbonyl (C=O) groups excluding carboxylic acids is 1. The second kappa shape index (κ2) is 14.5. The molecule has 55 heavy (non-hydrogen) atoms. The summed E-state index contributed by atoms with van der Waals surface area (Å²) >= 11 is 0. The first-order valence-corrected chi connectivity index (χ1v) is 20.0. The van der Waals surface area contributed by atoms with Gasteiger partial charge in [0.15, 0.2) is 6.61 Å². The molecule has 2 aliphatic heterocycles. The number of non-ortho nitro benzene ring substituents is 1. The Labute approximate surface area is 321 Å². The minimum absolute atomic E-state index is 0.00000454. The Kier molecular flexibility index (Phi) is 9.45. The summed E-state index contributed by atoms with van der Waals surface area (Å²) in [7, 11) is -2.25. The zero-order valence-corrected chi connectivity index (χ0v) is 31.5. The van der Waals surface area contributed by atoms with Gasteiger partial charge in [-0.3, -0.25) is 10.1 Å². The maximum Gasteiger partial charge on any atom is 0.344 e. The van der Waals surface area contributed by atoms with Crippen LogP contribution in [0.1, 0.15) is 25.0 Å². The molecular weight excluding hydrogens is 707 g/mol. The van der Waals surface area contributed by atoms with Crippen LogP contribution in [0.15, 0.2) is 164 Å². The highest BCUT2D eigenvalue weighted by atomic mass is 31.2. The van der Waals surface area contributed by atoms with Crippen LogP contribution in [-0.2, 0) is 14.9 Å². The van der Waals surface area contributed by atoms with Gasteiger partial charge in [0.25, 0.3) is 5.69 Å². The van der Waals surface area contributed by atoms with Crippen molar-refractivity contribution in [3.8, 4) is 11.5 Å². The van der Waals surface area contributed by atoms with Crippen LogP contribution in [0.2, 0.25) is 0 Å². The highest BCUT2D eigenvalue weighted by molar-refractivity contribution is 8.01. The van der Waals surface area contributed by atoms with Crippen LogP contribution in [-0.4, -0.2) is 36.4 Å². The fourth-order valence-electron chi connectivity index (χ4n) is 8.04. The van der Waals surface area contributed by atoms with E-state index in [4.69, 9.17) is 14.2 Å². The number of nitrogens with zero attached hydrogens (tertiary/aromatic N) is 2. The van der Waals surface area contributed by atoms with Gasteiger partial charge in [-0.25, -0.2) is 4.79 Å². The quantitative estimate of drug-likeness (QED) is 0.0580. The number of ether oxygens (including phenoxy) is 3. The lowest BCUT2D eigenvalue weighted by atomic mass is 9.76. The number of anilines is 1. The van der Waals surface area contributed by atoms with Crippen LogP contribution in [0.3, 0.4) is 0 Å². The molecule has 0 radical (unpaired) electrons. The molecule has 8 nitrogen and oxygen atoms in total. The van der Waals surface area contributed by atoms with Gasteiger partial charge in [0.2, 0.25) is 5.72 Å². The molecule has 0 saturated carbocycles. The van der Waals surface area contributed by atoms with Gasteiger partial charge in [-0.2, -0.15) is 0 Å². The van der Waals surface area contributed by atoms with Gasteiger partial charge in [-0.15, -0.1) is 0 Å². The molecule has 274 valence electrons. The summed E-state index contributed by atoms with van der Waals surface area (Å²) in [6.45, 7) is 4.42. The van der Waals surface area contributed by atoms with Crippen molar-refractivity contribution in [1.82, 2.24) is 0 Å². The summed E-state index contributed by atoms with van der Waals surface area (Å²) in [6.07, 6.45) is 3.83. The second-order valence-electron chi connectivity index (χ2n) is 14.1. The van der Waals surface area contributed by atoms with E-state index in [1.165, 1.54) is 33.4 Å². The average molecular weight is 748 g/mol. The number of hydrogen-bond donors (Lipinski definition) is 0. The lowest BCUT2D eigenvalue weighted by Gasteiger charge is -2.47. The maximum atomic E-state index is 13.1. The van der Waals surface area contributed by atoms with Crippen LogP contribution < -0.4 is 35.6 Å². The van der Waals surface area contributed by atoms with E-state index in [0.29, 0.717) is 23.6 Å². The van der Waals surface area contributed by atoms with Crippen molar-refractivity contribution in [2.75, 3.05) is 24.7 Å². The van der Waals surface area contributed by atoms with Crippen LogP contribution in [0.5, 0.6) is 11.5 Å². The van der Waals surface area contributed by atoms with E-state index >= 15 is 0 Å². The Morgan fingerprint density at radius 1 is 0.745 bits per heavy atom. The zero-order valence-electron chi connectivity index (χ0n) is 30.6. The first-order valence-electron chi connectivity index (χ1n) is 18.2. The van der Waals surface area contributed by atoms with Crippen molar-refractivity contribution < 1.29 is 23.9 Å². The SMILES string of the molecule is CC1(C)c2ccccc2N(CCOC(=O)COc2ccc([P+](c3ccccc3)(c3ccccc3)c3ccccc3)cc2)C12C=Cc1cc([N+](=O)[O-])ccc1O2. The summed E-state index contributed by atoms with van der Waals surface area (Å²) in [5.41, 5.74) is 1.22. The van der Waals surface area contributed by atoms with Crippen LogP contribution >= 0.6 is 7.26 Å². The third-order valence-electron chi connectivity index (χ3n) is 10.7. The summed E-state index contributed by atoms with van der Waals surface area (Å²) < 4.78 is 18.5. The number of benzene rings is 6. The van der Waals surface area contributed by atoms with Crippen LogP contribution in [0.25, 0.3) is 6.08 Å². The molecule has 6 aromatic carbocycles. The molecule has 8 rings (SSSR count). The number of hydrogen-bond acceptors (Lipinski definition) is 7. The molecule has 1 spiro atoms. The Morgan fingerprint density at radius 2 is 1.31 bits per heavy atom. The molecule has 0 aromatic heterocycles. The molecule has 9 heteroatoms. The molecule has 0 fully saturated rings. The Morgan fingerprint density at radius 3 is 1.91 bits per heavy atom. The predicted octanol–water partition coefficient (Wildman–Crippen LogP) is 7.74. The van der Waals surface area contributed by atoms with Gasteiger partial charge in [-0.05, 0) is 104 Å². The first-order chi connectivity index (χ1) is 26.7. The van der Waals surface area contributed by atoms with Gasteiger partial charge in [0, 0.05) is 23.4 Å². The topological polar surface area (TPSA) is 91.1 Å². The number of rotatable bonds is 11. The Balaban J connectivity index is 0.982. The maximum absolute atomic E-state index is 13.1. The van der Waals surface area contributed by atoms with Crippen molar-refractivity contribution in [2.24, 2.45) is 0 Å². The van der Waals surface area contributed by atoms with Crippen molar-refractivity contribution >= 4 is 51.9 Å². The third kappa shape index (κ3) is 6.22. The summed E-state index contributed by atoms with van der Waals surface area (Å²) in [5, 5.41) is 16.3. The van der Waals surface area contributed by atoms with Crippen molar-refractivity contribution in [3.05, 3.63) is 185 Å². The average Bonchev–Trinajstić information content (AvgIpc) is 3.40. The van der Waals surface area contributed by atoms with E-state index in [-0.39, 0.29) is 18.9 Å². The molecule has 0 aliphatic carbocycles. The van der Waals surface area contributed by atoms with E-state index in [1.807, 2.05) is 60.7 Å². The molecule has 0 N–H and O–H groups in total. The van der Waals surface area contributed by atoms with Gasteiger partial charge in [-0.1, -0.05) is 72.8 Å². The monoisotopic (exact) mass is 747 g/mol. The molecule has 6 aromatic rings. The van der Waals surface area contributed by atoms with Gasteiger partial charge < -0.3 is 19.1 Å². The largest absolute Gasteiger partial charge is 0.482 e. The molecular formula is C46H40N2O6P+. The number of esters is 1. The minimum atomic E-state index is -2.25. The first kappa shape index (κ1) is 35.8. The highest BCUT2D eigenvalue weighted by Gasteiger charge is 2.58. The van der Waals surface area contributed by atoms with Crippen molar-refractivity contribution in [1.29, 1.82) is 0 Å². The molecule has 1 unspecified atom stereocenters. The Hall–Kier alpha value is -6.24. The van der Waals surface area contributed by atoms with E-state index in [0.717, 1.165) is 11.3 Å². The minimum Gasteiger partial charge on any atom is -0.482 e. The highest BCUT2D eigenvalue weighted by Crippen LogP contribution is 2.56. The molecule has 0 saturated heterocycles. The Bertz CT molecular complexity index is 2270. The number of carbonyl (C=O) groups is 1. The fraction of sp³-hybridized carbons (Fsp3) is 0.152. The normalized spacial score (nSPS) is 16.5. The summed E-state index contributed by atoms with van der Waals surface area (Å²) in [5.74, 6) is 0.634. The van der Waals surface area contributed by atoms with Gasteiger partial charge >= 0.3 is 5.97 Å². The standard InChI is InChI=1S/C46H40N2O6P/c1-45(2)41-20-12-13-21-42(41)47(46(45)29-28-34-32-35(48(50)51)22-27-43(34)54-46)30-31-52-44(49)33-53-36-23-25-40(26-24-36)55(37-14-6-3-7-15-37,38-16-8-4-9-17-38)39-18-10-5-11-19-39/h3-29,32H,30-31,33H2,1-2H3/q+1. The van der Waals surface area contributed by atoms with Crippen LogP contribution in [0, 0.1) is 10.1 Å². The number of nitro groups is 1. The van der Waals surface area contributed by atoms with Crippen molar-refractivity contribution in [3.63, 3.8) is 0 Å². The lowest BCUT2D eigenvalue weighted by molar-refractivity contribution is -0.384. The number of nitro benzene ring substituents is 1. The smallest absolute Gasteiger partial charge is 0.344 e. The van der Waals surface area contributed by atoms with E-state index in [2.05, 4.69) is 110 Å².